The molecule has 0 aromatic heterocycles. The summed E-state index contributed by atoms with van der Waals surface area (Å²) in [5.74, 6) is -0.597. The van der Waals surface area contributed by atoms with Crippen LogP contribution in [0.3, 0.4) is 0 Å². The molecule has 1 heterocycles. The first kappa shape index (κ1) is 17.4. The van der Waals surface area contributed by atoms with E-state index in [9.17, 15) is 24.9 Å². The summed E-state index contributed by atoms with van der Waals surface area (Å²) in [7, 11) is 0. The SMILES string of the molecule is C=C(C)C(=O)OCC(O)COCCN1C(=O)NC(O)C1O. The molecule has 3 unspecified atom stereocenters. The molecule has 0 bridgehead atoms. The molecule has 0 radical (unpaired) electrons. The van der Waals surface area contributed by atoms with E-state index in [1.54, 1.807) is 0 Å². The molecule has 1 saturated heterocycles. The number of amides is 2. The summed E-state index contributed by atoms with van der Waals surface area (Å²) in [6.07, 6.45) is -3.66. The lowest BCUT2D eigenvalue weighted by molar-refractivity contribution is -0.143. The first-order chi connectivity index (χ1) is 9.82. The van der Waals surface area contributed by atoms with Crippen molar-refractivity contribution in [3.05, 3.63) is 12.2 Å². The molecular weight excluding hydrogens is 284 g/mol. The minimum Gasteiger partial charge on any atom is -0.460 e. The number of carbonyl (C=O) groups excluding carboxylic acids is 2. The van der Waals surface area contributed by atoms with E-state index >= 15 is 0 Å². The Balaban J connectivity index is 2.15. The molecule has 3 atom stereocenters. The van der Waals surface area contributed by atoms with Crippen molar-refractivity contribution in [1.29, 1.82) is 0 Å². The number of hydrogen-bond donors (Lipinski definition) is 4. The van der Waals surface area contributed by atoms with Crippen molar-refractivity contribution in [2.45, 2.75) is 25.5 Å². The monoisotopic (exact) mass is 304 g/mol. The number of nitrogens with zero attached hydrogens (tertiary/aromatic N) is 1. The standard InChI is InChI=1S/C12H20N2O7/c1-7(2)11(18)21-6-8(15)5-20-4-3-14-10(17)9(16)13-12(14)19/h8-10,15-17H,1,3-6H2,2H3,(H,13,19). The number of aliphatic hydroxyl groups is 3. The van der Waals surface area contributed by atoms with Gasteiger partial charge in [0.1, 0.15) is 12.7 Å². The highest BCUT2D eigenvalue weighted by atomic mass is 16.5. The second kappa shape index (κ2) is 7.93. The van der Waals surface area contributed by atoms with Crippen LogP contribution in [-0.4, -0.2) is 77.1 Å². The van der Waals surface area contributed by atoms with Gasteiger partial charge in [0.2, 0.25) is 0 Å². The highest BCUT2D eigenvalue weighted by Gasteiger charge is 2.36. The Labute approximate surface area is 121 Å². The van der Waals surface area contributed by atoms with E-state index in [0.29, 0.717) is 0 Å². The second-order valence-electron chi connectivity index (χ2n) is 4.61. The number of hydrogen-bond acceptors (Lipinski definition) is 7. The van der Waals surface area contributed by atoms with Crippen LogP contribution in [0.4, 0.5) is 4.79 Å². The van der Waals surface area contributed by atoms with E-state index < -0.39 is 30.6 Å². The quantitative estimate of drug-likeness (QED) is 0.235. The Kier molecular flexibility index (Phi) is 6.56. The van der Waals surface area contributed by atoms with Crippen molar-refractivity contribution in [3.63, 3.8) is 0 Å². The first-order valence-corrected chi connectivity index (χ1v) is 6.34. The smallest absolute Gasteiger partial charge is 0.333 e. The average Bonchev–Trinajstić information content (AvgIpc) is 2.66. The van der Waals surface area contributed by atoms with Gasteiger partial charge >= 0.3 is 12.0 Å². The maximum atomic E-state index is 11.3. The maximum absolute atomic E-state index is 11.3. The van der Waals surface area contributed by atoms with Gasteiger partial charge in [-0.15, -0.1) is 0 Å². The van der Waals surface area contributed by atoms with Crippen molar-refractivity contribution in [2.75, 3.05) is 26.4 Å². The van der Waals surface area contributed by atoms with Crippen LogP contribution in [0.15, 0.2) is 12.2 Å². The van der Waals surface area contributed by atoms with Gasteiger partial charge in [-0.25, -0.2) is 9.59 Å². The molecule has 9 heteroatoms. The van der Waals surface area contributed by atoms with Gasteiger partial charge in [0.15, 0.2) is 12.5 Å². The van der Waals surface area contributed by atoms with E-state index in [2.05, 4.69) is 11.9 Å². The molecule has 1 fully saturated rings. The molecule has 9 nitrogen and oxygen atoms in total. The third kappa shape index (κ3) is 5.31. The van der Waals surface area contributed by atoms with Crippen LogP contribution in [0.1, 0.15) is 6.92 Å². The lowest BCUT2D eigenvalue weighted by Gasteiger charge is -2.19. The minimum absolute atomic E-state index is 0.0440. The summed E-state index contributed by atoms with van der Waals surface area (Å²) in [5, 5.41) is 30.3. The van der Waals surface area contributed by atoms with Crippen LogP contribution in [0.2, 0.25) is 0 Å². The van der Waals surface area contributed by atoms with Crippen LogP contribution < -0.4 is 5.32 Å². The first-order valence-electron chi connectivity index (χ1n) is 6.34. The second-order valence-corrected chi connectivity index (χ2v) is 4.61. The minimum atomic E-state index is -1.33. The average molecular weight is 304 g/mol. The van der Waals surface area contributed by atoms with Gasteiger partial charge in [0.05, 0.1) is 13.2 Å². The molecule has 1 rings (SSSR count). The third-order valence-corrected chi connectivity index (χ3v) is 2.68. The van der Waals surface area contributed by atoms with Crippen LogP contribution in [0.5, 0.6) is 0 Å². The zero-order chi connectivity index (χ0) is 16.0. The third-order valence-electron chi connectivity index (χ3n) is 2.68. The van der Waals surface area contributed by atoms with Crippen molar-refractivity contribution >= 4 is 12.0 Å². The van der Waals surface area contributed by atoms with Crippen LogP contribution in [-0.2, 0) is 14.3 Å². The molecule has 2 amide bonds. The Bertz CT molecular complexity index is 401. The Morgan fingerprint density at radius 3 is 2.67 bits per heavy atom. The van der Waals surface area contributed by atoms with Gasteiger partial charge in [-0.05, 0) is 6.92 Å². The lowest BCUT2D eigenvalue weighted by Crippen LogP contribution is -2.39. The van der Waals surface area contributed by atoms with Crippen LogP contribution in [0.25, 0.3) is 0 Å². The Morgan fingerprint density at radius 1 is 1.48 bits per heavy atom. The van der Waals surface area contributed by atoms with Gasteiger partial charge in [0, 0.05) is 12.1 Å². The molecule has 1 aliphatic heterocycles. The molecule has 21 heavy (non-hydrogen) atoms. The summed E-state index contributed by atoms with van der Waals surface area (Å²) in [6.45, 7) is 4.65. The summed E-state index contributed by atoms with van der Waals surface area (Å²) in [6, 6.07) is -0.602. The molecule has 4 N–H and O–H groups in total. The van der Waals surface area contributed by atoms with Gasteiger partial charge in [-0.3, -0.25) is 4.90 Å². The fraction of sp³-hybridized carbons (Fsp3) is 0.667. The van der Waals surface area contributed by atoms with Crippen LogP contribution >= 0.6 is 0 Å². The topological polar surface area (TPSA) is 129 Å². The summed E-state index contributed by atoms with van der Waals surface area (Å²) in [5.41, 5.74) is 0.232. The number of nitrogens with one attached hydrogen (secondary N) is 1. The molecular formula is C12H20N2O7. The summed E-state index contributed by atoms with van der Waals surface area (Å²) >= 11 is 0. The molecule has 0 aromatic carbocycles. The zero-order valence-corrected chi connectivity index (χ0v) is 11.7. The highest BCUT2D eigenvalue weighted by molar-refractivity contribution is 5.86. The van der Waals surface area contributed by atoms with Gasteiger partial charge in [0.25, 0.3) is 0 Å². The maximum Gasteiger partial charge on any atom is 0.333 e. The number of esters is 1. The Hall–Kier alpha value is -1.68. The fourth-order valence-electron chi connectivity index (χ4n) is 1.53. The largest absolute Gasteiger partial charge is 0.460 e. The predicted octanol–water partition coefficient (Wildman–Crippen LogP) is -1.85. The molecule has 0 spiro atoms. The van der Waals surface area contributed by atoms with Crippen molar-refractivity contribution in [1.82, 2.24) is 10.2 Å². The molecule has 0 aliphatic carbocycles. The van der Waals surface area contributed by atoms with Crippen molar-refractivity contribution in [3.8, 4) is 0 Å². The molecule has 1 aliphatic rings. The number of carbonyl (C=O) groups is 2. The van der Waals surface area contributed by atoms with E-state index in [1.807, 2.05) is 0 Å². The predicted molar refractivity (Wildman–Crippen MR) is 69.9 cm³/mol. The van der Waals surface area contributed by atoms with E-state index in [1.165, 1.54) is 6.92 Å². The van der Waals surface area contributed by atoms with Crippen LogP contribution in [0, 0.1) is 0 Å². The normalized spacial score (nSPS) is 22.9. The number of ether oxygens (including phenoxy) is 2. The van der Waals surface area contributed by atoms with Crippen molar-refractivity contribution in [2.24, 2.45) is 0 Å². The van der Waals surface area contributed by atoms with Gasteiger partial charge < -0.3 is 30.1 Å². The number of aliphatic hydroxyl groups excluding tert-OH is 3. The number of urea groups is 1. The number of rotatable bonds is 8. The van der Waals surface area contributed by atoms with Gasteiger partial charge in [-0.1, -0.05) is 6.58 Å². The highest BCUT2D eigenvalue weighted by Crippen LogP contribution is 2.08. The molecule has 0 aromatic rings. The molecule has 120 valence electrons. The lowest BCUT2D eigenvalue weighted by atomic mass is 10.3. The Morgan fingerprint density at radius 2 is 2.14 bits per heavy atom. The van der Waals surface area contributed by atoms with Gasteiger partial charge in [-0.2, -0.15) is 0 Å². The molecule has 0 saturated carbocycles. The fourth-order valence-corrected chi connectivity index (χ4v) is 1.53. The van der Waals surface area contributed by atoms with E-state index in [4.69, 9.17) is 9.47 Å². The van der Waals surface area contributed by atoms with E-state index in [0.717, 1.165) is 4.90 Å². The summed E-state index contributed by atoms with van der Waals surface area (Å²) < 4.78 is 9.83. The zero-order valence-electron chi connectivity index (χ0n) is 11.7. The summed E-state index contributed by atoms with van der Waals surface area (Å²) in [4.78, 5) is 23.4. The van der Waals surface area contributed by atoms with Crippen molar-refractivity contribution < 1.29 is 34.4 Å². The van der Waals surface area contributed by atoms with E-state index in [-0.39, 0.29) is 31.9 Å².